The van der Waals surface area contributed by atoms with Crippen molar-refractivity contribution in [2.45, 2.75) is 12.8 Å². The van der Waals surface area contributed by atoms with Gasteiger partial charge >= 0.3 is 0 Å². The van der Waals surface area contributed by atoms with E-state index in [0.717, 1.165) is 28.7 Å². The Bertz CT molecular complexity index is 1180. The number of piperidine rings is 1. The number of carbonyl (C=O) groups excluding carboxylic acids is 1. The Morgan fingerprint density at radius 1 is 1.19 bits per heavy atom. The van der Waals surface area contributed by atoms with Crippen LogP contribution in [0.1, 0.15) is 18.4 Å². The summed E-state index contributed by atoms with van der Waals surface area (Å²) < 4.78 is 31.7. The molecule has 31 heavy (non-hydrogen) atoms. The molecular formula is C23H20F2N4O2. The lowest BCUT2D eigenvalue weighted by Crippen LogP contribution is -2.38. The first kappa shape index (κ1) is 20.5. The van der Waals surface area contributed by atoms with Crippen molar-refractivity contribution in [3.8, 4) is 11.8 Å². The number of hydrogen-bond acceptors (Lipinski definition) is 5. The highest BCUT2D eigenvalue weighted by molar-refractivity contribution is 5.96. The van der Waals surface area contributed by atoms with Gasteiger partial charge in [-0.05, 0) is 37.1 Å². The number of nitriles is 1. The van der Waals surface area contributed by atoms with Crippen molar-refractivity contribution in [2.24, 2.45) is 5.92 Å². The van der Waals surface area contributed by atoms with Crippen molar-refractivity contribution < 1.29 is 18.3 Å². The third kappa shape index (κ3) is 4.12. The van der Waals surface area contributed by atoms with Crippen LogP contribution in [0.4, 0.5) is 20.2 Å². The number of halogens is 2. The van der Waals surface area contributed by atoms with Gasteiger partial charge in [0.2, 0.25) is 5.91 Å². The molecule has 8 heteroatoms. The van der Waals surface area contributed by atoms with Crippen molar-refractivity contribution in [1.82, 2.24) is 4.98 Å². The van der Waals surface area contributed by atoms with E-state index in [1.54, 1.807) is 13.3 Å². The minimum absolute atomic E-state index is 0.226. The first-order chi connectivity index (χ1) is 15.0. The number of hydrogen-bond donors (Lipinski definition) is 1. The van der Waals surface area contributed by atoms with E-state index in [-0.39, 0.29) is 17.5 Å². The molecule has 1 saturated heterocycles. The van der Waals surface area contributed by atoms with E-state index in [1.165, 1.54) is 6.07 Å². The number of aromatic nitrogens is 1. The molecule has 158 valence electrons. The lowest BCUT2D eigenvalue weighted by atomic mass is 9.94. The van der Waals surface area contributed by atoms with E-state index >= 15 is 0 Å². The average molecular weight is 422 g/mol. The summed E-state index contributed by atoms with van der Waals surface area (Å²) in [5, 5.41) is 13.1. The fourth-order valence-corrected chi connectivity index (χ4v) is 3.89. The van der Waals surface area contributed by atoms with Crippen molar-refractivity contribution in [1.29, 1.82) is 5.26 Å². The lowest BCUT2D eigenvalue weighted by Gasteiger charge is -2.34. The van der Waals surface area contributed by atoms with Crippen molar-refractivity contribution in [2.75, 3.05) is 30.4 Å². The van der Waals surface area contributed by atoms with E-state index in [0.29, 0.717) is 37.2 Å². The summed E-state index contributed by atoms with van der Waals surface area (Å²) in [6.45, 7) is 1.16. The number of carbonyl (C=O) groups is 1. The van der Waals surface area contributed by atoms with E-state index < -0.39 is 11.6 Å². The summed E-state index contributed by atoms with van der Waals surface area (Å²) in [5.41, 5.74) is 2.23. The number of nitrogens with zero attached hydrogens (tertiary/aromatic N) is 3. The molecule has 0 aliphatic carbocycles. The van der Waals surface area contributed by atoms with Gasteiger partial charge in [0.1, 0.15) is 11.8 Å². The van der Waals surface area contributed by atoms with Gasteiger partial charge in [0.05, 0.1) is 23.9 Å². The van der Waals surface area contributed by atoms with Gasteiger partial charge in [-0.15, -0.1) is 0 Å². The molecule has 0 radical (unpaired) electrons. The highest BCUT2D eigenvalue weighted by atomic mass is 19.2. The van der Waals surface area contributed by atoms with E-state index in [9.17, 15) is 18.8 Å². The Morgan fingerprint density at radius 2 is 1.97 bits per heavy atom. The fraction of sp³-hybridized carbons (Fsp3) is 0.261. The predicted molar refractivity (Wildman–Crippen MR) is 113 cm³/mol. The van der Waals surface area contributed by atoms with Gasteiger partial charge in [-0.2, -0.15) is 5.26 Å². The molecule has 1 N–H and O–H groups in total. The van der Waals surface area contributed by atoms with Crippen LogP contribution in [0.25, 0.3) is 10.9 Å². The molecule has 1 aliphatic rings. The molecular weight excluding hydrogens is 402 g/mol. The van der Waals surface area contributed by atoms with E-state index in [4.69, 9.17) is 4.74 Å². The molecule has 0 atom stereocenters. The van der Waals surface area contributed by atoms with Crippen molar-refractivity contribution in [3.63, 3.8) is 0 Å². The lowest BCUT2D eigenvalue weighted by molar-refractivity contribution is -0.120. The molecule has 6 nitrogen and oxygen atoms in total. The average Bonchev–Trinajstić information content (AvgIpc) is 2.80. The van der Waals surface area contributed by atoms with Crippen LogP contribution in [0.5, 0.6) is 5.75 Å². The normalized spacial score (nSPS) is 14.3. The minimum atomic E-state index is -1.00. The van der Waals surface area contributed by atoms with Crippen LogP contribution in [0.3, 0.4) is 0 Å². The molecule has 0 unspecified atom stereocenters. The van der Waals surface area contributed by atoms with Gasteiger partial charge in [-0.25, -0.2) is 8.78 Å². The zero-order chi connectivity index (χ0) is 22.0. The Kier molecular flexibility index (Phi) is 5.67. The predicted octanol–water partition coefficient (Wildman–Crippen LogP) is 4.25. The summed E-state index contributed by atoms with van der Waals surface area (Å²) in [7, 11) is 1.59. The zero-order valence-corrected chi connectivity index (χ0v) is 16.9. The van der Waals surface area contributed by atoms with Crippen LogP contribution in [-0.4, -0.2) is 31.1 Å². The topological polar surface area (TPSA) is 78.2 Å². The fourth-order valence-electron chi connectivity index (χ4n) is 3.89. The van der Waals surface area contributed by atoms with Gasteiger partial charge in [0, 0.05) is 48.4 Å². The van der Waals surface area contributed by atoms with Crippen LogP contribution >= 0.6 is 0 Å². The first-order valence-corrected chi connectivity index (χ1v) is 9.88. The number of benzene rings is 2. The molecule has 0 bridgehead atoms. The number of nitrogens with one attached hydrogen (secondary N) is 1. The number of amides is 1. The summed E-state index contributed by atoms with van der Waals surface area (Å²) in [6.07, 6.45) is 2.69. The summed E-state index contributed by atoms with van der Waals surface area (Å²) in [4.78, 5) is 19.1. The number of methoxy groups -OCH3 is 1. The molecule has 0 saturated carbocycles. The van der Waals surface area contributed by atoms with Gasteiger partial charge in [0.25, 0.3) is 0 Å². The highest BCUT2D eigenvalue weighted by Crippen LogP contribution is 2.34. The number of anilines is 2. The molecule has 1 aliphatic heterocycles. The summed E-state index contributed by atoms with van der Waals surface area (Å²) in [6, 6.07) is 11.0. The maximum atomic E-state index is 13.4. The molecule has 1 aromatic heterocycles. The van der Waals surface area contributed by atoms with Gasteiger partial charge in [-0.3, -0.25) is 9.78 Å². The van der Waals surface area contributed by atoms with Crippen LogP contribution in [-0.2, 0) is 4.79 Å². The summed E-state index contributed by atoms with van der Waals surface area (Å²) in [5.74, 6) is -1.76. The minimum Gasteiger partial charge on any atom is -0.497 e. The maximum absolute atomic E-state index is 13.4. The second-order valence-corrected chi connectivity index (χ2v) is 7.39. The van der Waals surface area contributed by atoms with Gasteiger partial charge < -0.3 is 15.0 Å². The molecule has 3 aromatic rings. The van der Waals surface area contributed by atoms with Crippen LogP contribution < -0.4 is 15.0 Å². The molecule has 2 aromatic carbocycles. The maximum Gasteiger partial charge on any atom is 0.227 e. The number of ether oxygens (including phenoxy) is 1. The smallest absolute Gasteiger partial charge is 0.227 e. The molecule has 4 rings (SSSR count). The summed E-state index contributed by atoms with van der Waals surface area (Å²) >= 11 is 0. The van der Waals surface area contributed by atoms with Crippen LogP contribution in [0.2, 0.25) is 0 Å². The van der Waals surface area contributed by atoms with Crippen molar-refractivity contribution in [3.05, 3.63) is 59.8 Å². The largest absolute Gasteiger partial charge is 0.497 e. The second kappa shape index (κ2) is 8.56. The molecule has 2 heterocycles. The van der Waals surface area contributed by atoms with Gasteiger partial charge in [0.15, 0.2) is 11.6 Å². The Labute approximate surface area is 178 Å². The number of rotatable bonds is 4. The highest BCUT2D eigenvalue weighted by Gasteiger charge is 2.27. The van der Waals surface area contributed by atoms with Crippen LogP contribution in [0.15, 0.2) is 42.6 Å². The van der Waals surface area contributed by atoms with Crippen molar-refractivity contribution >= 4 is 28.2 Å². The third-order valence-electron chi connectivity index (χ3n) is 5.54. The monoisotopic (exact) mass is 422 g/mol. The second-order valence-electron chi connectivity index (χ2n) is 7.39. The Hall–Kier alpha value is -3.73. The third-order valence-corrected chi connectivity index (χ3v) is 5.54. The number of fused-ring (bicyclic) bond motifs is 1. The van der Waals surface area contributed by atoms with E-state index in [2.05, 4.69) is 21.3 Å². The first-order valence-electron chi connectivity index (χ1n) is 9.88. The van der Waals surface area contributed by atoms with E-state index in [1.807, 2.05) is 18.2 Å². The Morgan fingerprint density at radius 3 is 2.65 bits per heavy atom. The Balaban J connectivity index is 1.50. The quantitative estimate of drug-likeness (QED) is 0.680. The molecule has 1 fully saturated rings. The number of pyridine rings is 1. The molecule has 1 amide bonds. The molecule has 0 spiro atoms. The van der Waals surface area contributed by atoms with Gasteiger partial charge in [-0.1, -0.05) is 0 Å². The SMILES string of the molecule is COc1ccc2c(N3CCC(C(=O)Nc4ccc(F)c(F)c4)CC3)c(C#N)cnc2c1. The zero-order valence-electron chi connectivity index (χ0n) is 16.9. The van der Waals surface area contributed by atoms with Crippen LogP contribution in [0, 0.1) is 28.9 Å². The standard InChI is InChI=1S/C23H20F2N4O2/c1-31-17-3-4-18-21(11-17)27-13-15(12-26)22(18)29-8-6-14(7-9-29)23(30)28-16-2-5-19(24)20(25)10-16/h2-5,10-11,13-14H,6-9H2,1H3,(H,28,30).